The van der Waals surface area contributed by atoms with Crippen LogP contribution < -0.4 is 11.5 Å². The van der Waals surface area contributed by atoms with Crippen molar-refractivity contribution in [3.8, 4) is 0 Å². The zero-order chi connectivity index (χ0) is 24.0. The van der Waals surface area contributed by atoms with E-state index in [1.165, 1.54) is 5.56 Å². The van der Waals surface area contributed by atoms with Crippen LogP contribution in [0.15, 0.2) is 64.1 Å². The Morgan fingerprint density at radius 3 is 2.48 bits per heavy atom. The number of aliphatic imine (C=N–C) groups is 2. The molecule has 170 valence electrons. The zero-order valence-corrected chi connectivity index (χ0v) is 18.7. The quantitative estimate of drug-likeness (QED) is 0.173. The summed E-state index contributed by atoms with van der Waals surface area (Å²) in [6.07, 6.45) is 0.905. The van der Waals surface area contributed by atoms with Crippen LogP contribution in [0, 0.1) is 6.92 Å². The van der Waals surface area contributed by atoms with Gasteiger partial charge in [-0.3, -0.25) is 0 Å². The average Bonchev–Trinajstić information content (AvgIpc) is 2.79. The fourth-order valence-corrected chi connectivity index (χ4v) is 3.16. The normalized spacial score (nSPS) is 13.1. The predicted octanol–water partition coefficient (Wildman–Crippen LogP) is 3.34. The second kappa shape index (κ2) is 10.4. The Kier molecular flexibility index (Phi) is 7.34. The number of fused-ring (bicyclic) bond motifs is 1. The summed E-state index contributed by atoms with van der Waals surface area (Å²) in [7, 11) is 0. The van der Waals surface area contributed by atoms with Gasteiger partial charge in [0.15, 0.2) is 0 Å². The number of ether oxygens (including phenoxy) is 1. The number of carbonyl (C=O) groups excluding carboxylic acids is 1. The van der Waals surface area contributed by atoms with Crippen LogP contribution in [0.1, 0.15) is 30.7 Å². The SMILES string of the molecule is CCOC(=O)C(C(N)=NC(N)=Nc1nc(C)c2cc(CC)ccc2n1)=C(O)c1ccccc1. The topological polar surface area (TPSA) is 149 Å². The molecular weight excluding hydrogens is 420 g/mol. The van der Waals surface area contributed by atoms with Gasteiger partial charge in [-0.05, 0) is 38.0 Å². The number of carbonyl (C=O) groups is 1. The van der Waals surface area contributed by atoms with Crippen molar-refractivity contribution in [3.05, 3.63) is 70.9 Å². The average molecular weight is 447 g/mol. The highest BCUT2D eigenvalue weighted by molar-refractivity contribution is 6.24. The van der Waals surface area contributed by atoms with Gasteiger partial charge in [-0.25, -0.2) is 14.8 Å². The van der Waals surface area contributed by atoms with Crippen LogP contribution >= 0.6 is 0 Å². The third-order valence-electron chi connectivity index (χ3n) is 4.82. The Balaban J connectivity index is 2.01. The molecule has 9 heteroatoms. The van der Waals surface area contributed by atoms with Crippen molar-refractivity contribution in [1.29, 1.82) is 0 Å². The number of rotatable bonds is 6. The van der Waals surface area contributed by atoms with E-state index >= 15 is 0 Å². The van der Waals surface area contributed by atoms with Crippen molar-refractivity contribution in [2.45, 2.75) is 27.2 Å². The lowest BCUT2D eigenvalue weighted by molar-refractivity contribution is -0.137. The summed E-state index contributed by atoms with van der Waals surface area (Å²) in [6.45, 7) is 5.66. The minimum Gasteiger partial charge on any atom is -0.506 e. The maximum absolute atomic E-state index is 12.5. The number of amidine groups is 1. The minimum atomic E-state index is -0.836. The number of aliphatic hydroxyl groups excluding tert-OH is 1. The Hall–Kier alpha value is -4.27. The van der Waals surface area contributed by atoms with Gasteiger partial charge in [0.2, 0.25) is 5.96 Å². The summed E-state index contributed by atoms with van der Waals surface area (Å²) < 4.78 is 5.03. The monoisotopic (exact) mass is 446 g/mol. The Labute approximate surface area is 191 Å². The van der Waals surface area contributed by atoms with Crippen LogP contribution in [0.2, 0.25) is 0 Å². The molecule has 33 heavy (non-hydrogen) atoms. The summed E-state index contributed by atoms with van der Waals surface area (Å²) in [4.78, 5) is 29.4. The number of aromatic nitrogens is 2. The molecule has 0 atom stereocenters. The fourth-order valence-electron chi connectivity index (χ4n) is 3.16. The van der Waals surface area contributed by atoms with Gasteiger partial charge in [0.1, 0.15) is 17.2 Å². The lowest BCUT2D eigenvalue weighted by Gasteiger charge is -2.10. The highest BCUT2D eigenvalue weighted by atomic mass is 16.5. The fraction of sp³-hybridized carbons (Fsp3) is 0.208. The molecule has 0 bridgehead atoms. The molecule has 0 fully saturated rings. The van der Waals surface area contributed by atoms with Gasteiger partial charge in [-0.1, -0.05) is 43.3 Å². The lowest BCUT2D eigenvalue weighted by Crippen LogP contribution is -2.27. The first-order valence-electron chi connectivity index (χ1n) is 10.5. The Morgan fingerprint density at radius 2 is 1.82 bits per heavy atom. The molecule has 2 aromatic carbocycles. The van der Waals surface area contributed by atoms with E-state index in [0.717, 1.165) is 23.0 Å². The van der Waals surface area contributed by atoms with E-state index < -0.39 is 5.97 Å². The van der Waals surface area contributed by atoms with Gasteiger partial charge >= 0.3 is 5.97 Å². The van der Waals surface area contributed by atoms with Crippen molar-refractivity contribution in [3.63, 3.8) is 0 Å². The molecule has 0 saturated carbocycles. The molecule has 0 aliphatic carbocycles. The molecule has 0 aliphatic rings. The molecule has 3 rings (SSSR count). The first kappa shape index (κ1) is 23.4. The van der Waals surface area contributed by atoms with Crippen molar-refractivity contribution in [2.75, 3.05) is 6.61 Å². The van der Waals surface area contributed by atoms with Gasteiger partial charge in [-0.2, -0.15) is 9.98 Å². The number of aryl methyl sites for hydroxylation is 2. The zero-order valence-electron chi connectivity index (χ0n) is 18.7. The van der Waals surface area contributed by atoms with Crippen LogP contribution in [0.5, 0.6) is 0 Å². The number of esters is 1. The highest BCUT2D eigenvalue weighted by Gasteiger charge is 2.22. The third-order valence-corrected chi connectivity index (χ3v) is 4.82. The van der Waals surface area contributed by atoms with Crippen LogP contribution in [0.3, 0.4) is 0 Å². The summed E-state index contributed by atoms with van der Waals surface area (Å²) in [5.41, 5.74) is 14.7. The van der Waals surface area contributed by atoms with Crippen molar-refractivity contribution in [2.24, 2.45) is 21.5 Å². The van der Waals surface area contributed by atoms with Crippen LogP contribution in [0.25, 0.3) is 16.7 Å². The van der Waals surface area contributed by atoms with E-state index in [9.17, 15) is 9.90 Å². The molecule has 0 spiro atoms. The van der Waals surface area contributed by atoms with E-state index in [1.54, 1.807) is 37.3 Å². The number of nitrogens with zero attached hydrogens (tertiary/aromatic N) is 4. The van der Waals surface area contributed by atoms with Gasteiger partial charge in [0.25, 0.3) is 5.95 Å². The number of hydrogen-bond donors (Lipinski definition) is 3. The number of guanidine groups is 1. The molecule has 0 unspecified atom stereocenters. The van der Waals surface area contributed by atoms with Crippen LogP contribution in [-0.4, -0.2) is 39.4 Å². The first-order valence-corrected chi connectivity index (χ1v) is 10.5. The van der Waals surface area contributed by atoms with Gasteiger partial charge in [0.05, 0.1) is 17.8 Å². The minimum absolute atomic E-state index is 0.0885. The third kappa shape index (κ3) is 5.51. The summed E-state index contributed by atoms with van der Waals surface area (Å²) in [5, 5.41) is 11.6. The maximum Gasteiger partial charge on any atom is 0.345 e. The van der Waals surface area contributed by atoms with Gasteiger partial charge < -0.3 is 21.3 Å². The number of benzene rings is 2. The van der Waals surface area contributed by atoms with E-state index in [4.69, 9.17) is 16.2 Å². The maximum atomic E-state index is 12.5. The Bertz CT molecular complexity index is 1270. The second-order valence-electron chi connectivity index (χ2n) is 7.09. The molecule has 0 saturated heterocycles. The van der Waals surface area contributed by atoms with E-state index in [0.29, 0.717) is 5.56 Å². The largest absolute Gasteiger partial charge is 0.506 e. The molecule has 1 aromatic heterocycles. The molecule has 1 heterocycles. The lowest BCUT2D eigenvalue weighted by atomic mass is 10.1. The molecular formula is C24H26N6O3. The first-order chi connectivity index (χ1) is 15.8. The number of hydrogen-bond acceptors (Lipinski definition) is 6. The second-order valence-corrected chi connectivity index (χ2v) is 7.09. The number of aliphatic hydroxyl groups is 1. The molecule has 5 N–H and O–H groups in total. The molecule has 9 nitrogen and oxygen atoms in total. The molecule has 0 aliphatic heterocycles. The van der Waals surface area contributed by atoms with Crippen molar-refractivity contribution >= 4 is 40.4 Å². The Morgan fingerprint density at radius 1 is 1.09 bits per heavy atom. The van der Waals surface area contributed by atoms with Gasteiger partial charge in [0, 0.05) is 10.9 Å². The van der Waals surface area contributed by atoms with E-state index in [-0.39, 0.29) is 35.7 Å². The van der Waals surface area contributed by atoms with Crippen LogP contribution in [0.4, 0.5) is 5.95 Å². The van der Waals surface area contributed by atoms with Crippen LogP contribution in [-0.2, 0) is 16.0 Å². The summed E-state index contributed by atoms with van der Waals surface area (Å²) >= 11 is 0. The highest BCUT2D eigenvalue weighted by Crippen LogP contribution is 2.21. The van der Waals surface area contributed by atoms with E-state index in [2.05, 4.69) is 26.9 Å². The summed E-state index contributed by atoms with van der Waals surface area (Å²) in [6, 6.07) is 14.4. The standard InChI is InChI=1S/C24H26N6O3/c1-4-15-11-12-18-17(13-15)14(3)27-24(28-18)30-23(26)29-21(25)19(22(32)33-5-2)20(31)16-9-7-6-8-10-16/h6-13,31H,4-5H2,1-3H3,(H4,25,26,27,28,29,30). The molecule has 3 aromatic rings. The smallest absolute Gasteiger partial charge is 0.345 e. The van der Waals surface area contributed by atoms with Gasteiger partial charge in [-0.15, -0.1) is 0 Å². The van der Waals surface area contributed by atoms with Crippen molar-refractivity contribution < 1.29 is 14.6 Å². The molecule has 0 radical (unpaired) electrons. The molecule has 0 amide bonds. The van der Waals surface area contributed by atoms with Crippen molar-refractivity contribution in [1.82, 2.24) is 9.97 Å². The predicted molar refractivity (Wildman–Crippen MR) is 129 cm³/mol. The van der Waals surface area contributed by atoms with E-state index in [1.807, 2.05) is 25.1 Å². The number of nitrogens with two attached hydrogens (primary N) is 2. The summed E-state index contributed by atoms with van der Waals surface area (Å²) in [5.74, 6) is -1.74.